The number of thioether (sulfide) groups is 2. The Labute approximate surface area is 117 Å². The van der Waals surface area contributed by atoms with E-state index in [-0.39, 0.29) is 5.78 Å². The van der Waals surface area contributed by atoms with Crippen molar-refractivity contribution in [3.05, 3.63) is 51.3 Å². The lowest BCUT2D eigenvalue weighted by atomic mass is 10.1. The average Bonchev–Trinajstić information content (AvgIpc) is 2.75. The van der Waals surface area contributed by atoms with E-state index in [0.29, 0.717) is 0 Å². The van der Waals surface area contributed by atoms with E-state index in [9.17, 15) is 4.79 Å². The zero-order valence-corrected chi connectivity index (χ0v) is 12.2. The molecule has 0 N–H and O–H groups in total. The molecule has 2 rings (SSSR count). The number of hydrogen-bond donors (Lipinski definition) is 0. The van der Waals surface area contributed by atoms with Crippen molar-refractivity contribution < 1.29 is 4.79 Å². The van der Waals surface area contributed by atoms with Crippen LogP contribution in [0.1, 0.15) is 18.4 Å². The van der Waals surface area contributed by atoms with Crippen LogP contribution in [-0.4, -0.2) is 18.3 Å². The Hall–Kier alpha value is -0.930. The molecular weight excluding hydrogens is 260 g/mol. The molecule has 0 unspecified atom stereocenters. The zero-order chi connectivity index (χ0) is 13.0. The van der Waals surface area contributed by atoms with Gasteiger partial charge in [0.25, 0.3) is 0 Å². The van der Waals surface area contributed by atoms with Gasteiger partial charge in [-0.25, -0.2) is 0 Å². The van der Waals surface area contributed by atoms with Crippen LogP contribution in [-0.2, 0) is 4.79 Å². The van der Waals surface area contributed by atoms with Gasteiger partial charge >= 0.3 is 0 Å². The summed E-state index contributed by atoms with van der Waals surface area (Å²) < 4.78 is 1.16. The van der Waals surface area contributed by atoms with Crippen molar-refractivity contribution in [3.63, 3.8) is 0 Å². The third kappa shape index (κ3) is 2.90. The van der Waals surface area contributed by atoms with Crippen LogP contribution in [0.15, 0.2) is 45.7 Å². The molecule has 0 heterocycles. The predicted octanol–water partition coefficient (Wildman–Crippen LogP) is 4.37. The molecule has 94 valence electrons. The number of rotatable bonds is 3. The van der Waals surface area contributed by atoms with Crippen LogP contribution in [0.3, 0.4) is 0 Å². The first-order valence-corrected chi connectivity index (χ1v) is 8.32. The van der Waals surface area contributed by atoms with E-state index < -0.39 is 0 Å². The maximum Gasteiger partial charge on any atom is 0.186 e. The molecule has 0 aliphatic heterocycles. The SMILES string of the molecule is CSC(SC)=C1CCC(=Cc2ccccc2)C1=O. The molecule has 0 amide bonds. The normalized spacial score (nSPS) is 17.6. The first kappa shape index (κ1) is 13.5. The molecule has 1 aromatic rings. The summed E-state index contributed by atoms with van der Waals surface area (Å²) in [5.41, 5.74) is 3.05. The highest BCUT2D eigenvalue weighted by Gasteiger charge is 2.25. The van der Waals surface area contributed by atoms with E-state index in [2.05, 4.69) is 0 Å². The number of allylic oxidation sites excluding steroid dienone is 2. The van der Waals surface area contributed by atoms with E-state index >= 15 is 0 Å². The van der Waals surface area contributed by atoms with Crippen LogP contribution in [0.5, 0.6) is 0 Å². The molecule has 0 saturated heterocycles. The Morgan fingerprint density at radius 1 is 1.11 bits per heavy atom. The number of hydrogen-bond acceptors (Lipinski definition) is 3. The third-order valence-electron chi connectivity index (χ3n) is 2.97. The van der Waals surface area contributed by atoms with Crippen LogP contribution in [0.4, 0.5) is 0 Å². The monoisotopic (exact) mass is 276 g/mol. The van der Waals surface area contributed by atoms with Crippen molar-refractivity contribution in [1.82, 2.24) is 0 Å². The smallest absolute Gasteiger partial charge is 0.186 e. The molecule has 0 atom stereocenters. The van der Waals surface area contributed by atoms with E-state index in [1.807, 2.05) is 48.9 Å². The molecule has 1 fully saturated rings. The number of carbonyl (C=O) groups excluding carboxylic acids is 1. The Morgan fingerprint density at radius 3 is 2.39 bits per heavy atom. The molecule has 0 aromatic heterocycles. The molecule has 1 saturated carbocycles. The lowest BCUT2D eigenvalue weighted by Crippen LogP contribution is -1.97. The molecule has 1 aliphatic rings. The summed E-state index contributed by atoms with van der Waals surface area (Å²) in [7, 11) is 0. The van der Waals surface area contributed by atoms with Crippen molar-refractivity contribution in [3.8, 4) is 0 Å². The van der Waals surface area contributed by atoms with Gasteiger partial charge in [0, 0.05) is 15.4 Å². The standard InChI is InChI=1S/C15H16OS2/c1-17-15(18-2)13-9-8-12(14(13)16)10-11-6-4-3-5-7-11/h3-7,10H,8-9H2,1-2H3. The molecule has 1 aliphatic carbocycles. The fraction of sp³-hybridized carbons (Fsp3) is 0.267. The van der Waals surface area contributed by atoms with Gasteiger partial charge in [0.1, 0.15) is 0 Å². The van der Waals surface area contributed by atoms with Crippen molar-refractivity contribution >= 4 is 35.4 Å². The Balaban J connectivity index is 2.28. The molecular formula is C15H16OS2. The van der Waals surface area contributed by atoms with Gasteiger partial charge in [-0.05, 0) is 37.0 Å². The number of carbonyl (C=O) groups is 1. The summed E-state index contributed by atoms with van der Waals surface area (Å²) in [6.07, 6.45) is 7.84. The van der Waals surface area contributed by atoms with Gasteiger partial charge in [0.2, 0.25) is 0 Å². The van der Waals surface area contributed by atoms with Gasteiger partial charge in [-0.3, -0.25) is 4.79 Å². The number of Topliss-reactive ketones (excluding diaryl/α,β-unsaturated/α-hetero) is 1. The number of benzene rings is 1. The highest BCUT2D eigenvalue weighted by molar-refractivity contribution is 8.21. The summed E-state index contributed by atoms with van der Waals surface area (Å²) in [6, 6.07) is 10.1. The van der Waals surface area contributed by atoms with Crippen LogP contribution in [0.2, 0.25) is 0 Å². The lowest BCUT2D eigenvalue weighted by molar-refractivity contribution is -0.111. The lowest BCUT2D eigenvalue weighted by Gasteiger charge is -2.03. The Morgan fingerprint density at radius 2 is 1.78 bits per heavy atom. The van der Waals surface area contributed by atoms with Crippen molar-refractivity contribution in [2.45, 2.75) is 12.8 Å². The first-order valence-electron chi connectivity index (χ1n) is 5.87. The quantitative estimate of drug-likeness (QED) is 0.763. The largest absolute Gasteiger partial charge is 0.289 e. The highest BCUT2D eigenvalue weighted by atomic mass is 32.2. The van der Waals surface area contributed by atoms with E-state index in [1.54, 1.807) is 23.5 Å². The Bertz CT molecular complexity index is 494. The van der Waals surface area contributed by atoms with Gasteiger partial charge < -0.3 is 0 Å². The fourth-order valence-electron chi connectivity index (χ4n) is 2.09. The second-order valence-electron chi connectivity index (χ2n) is 4.08. The first-order chi connectivity index (χ1) is 8.76. The van der Waals surface area contributed by atoms with Gasteiger partial charge in [0.05, 0.1) is 0 Å². The summed E-state index contributed by atoms with van der Waals surface area (Å²) in [4.78, 5) is 12.3. The van der Waals surface area contributed by atoms with Crippen molar-refractivity contribution in [2.75, 3.05) is 12.5 Å². The summed E-state index contributed by atoms with van der Waals surface area (Å²) in [6.45, 7) is 0. The summed E-state index contributed by atoms with van der Waals surface area (Å²) in [5.74, 6) is 0.234. The minimum Gasteiger partial charge on any atom is -0.289 e. The highest BCUT2D eigenvalue weighted by Crippen LogP contribution is 2.37. The van der Waals surface area contributed by atoms with Crippen LogP contribution >= 0.6 is 23.5 Å². The molecule has 3 heteroatoms. The van der Waals surface area contributed by atoms with Crippen molar-refractivity contribution in [2.24, 2.45) is 0 Å². The van der Waals surface area contributed by atoms with Crippen LogP contribution in [0, 0.1) is 0 Å². The van der Waals surface area contributed by atoms with Gasteiger partial charge in [-0.15, -0.1) is 23.5 Å². The molecule has 1 aromatic carbocycles. The maximum absolute atomic E-state index is 12.3. The van der Waals surface area contributed by atoms with Crippen molar-refractivity contribution in [1.29, 1.82) is 0 Å². The van der Waals surface area contributed by atoms with Crippen LogP contribution < -0.4 is 0 Å². The summed E-state index contributed by atoms with van der Waals surface area (Å²) in [5, 5.41) is 0. The fourth-order valence-corrected chi connectivity index (χ4v) is 3.64. The minimum absolute atomic E-state index is 0.234. The topological polar surface area (TPSA) is 17.1 Å². The maximum atomic E-state index is 12.3. The molecule has 0 bridgehead atoms. The molecule has 0 radical (unpaired) electrons. The Kier molecular flexibility index (Phi) is 4.72. The van der Waals surface area contributed by atoms with E-state index in [4.69, 9.17) is 0 Å². The second-order valence-corrected chi connectivity index (χ2v) is 5.98. The molecule has 0 spiro atoms. The average molecular weight is 276 g/mol. The second kappa shape index (κ2) is 6.30. The summed E-state index contributed by atoms with van der Waals surface area (Å²) >= 11 is 3.35. The molecule has 1 nitrogen and oxygen atoms in total. The zero-order valence-electron chi connectivity index (χ0n) is 10.6. The predicted molar refractivity (Wildman–Crippen MR) is 82.7 cm³/mol. The van der Waals surface area contributed by atoms with Gasteiger partial charge in [-0.2, -0.15) is 0 Å². The van der Waals surface area contributed by atoms with E-state index in [0.717, 1.165) is 33.8 Å². The van der Waals surface area contributed by atoms with Crippen LogP contribution in [0.25, 0.3) is 6.08 Å². The third-order valence-corrected chi connectivity index (χ3v) is 5.20. The molecule has 18 heavy (non-hydrogen) atoms. The minimum atomic E-state index is 0.234. The van der Waals surface area contributed by atoms with Gasteiger partial charge in [0.15, 0.2) is 5.78 Å². The number of ketones is 1. The van der Waals surface area contributed by atoms with Gasteiger partial charge in [-0.1, -0.05) is 30.3 Å². The van der Waals surface area contributed by atoms with E-state index in [1.165, 1.54) is 0 Å².